The van der Waals surface area contributed by atoms with Gasteiger partial charge in [-0.15, -0.1) is 12.4 Å². The molecule has 1 aromatic carbocycles. The molecule has 0 bridgehead atoms. The molecule has 1 aliphatic rings. The molecule has 0 aromatic heterocycles. The van der Waals surface area contributed by atoms with Gasteiger partial charge in [0.15, 0.2) is 0 Å². The first kappa shape index (κ1) is 12.1. The van der Waals surface area contributed by atoms with Crippen LogP contribution < -0.4 is 5.73 Å². The van der Waals surface area contributed by atoms with Crippen LogP contribution in [0.15, 0.2) is 18.2 Å². The third-order valence-electron chi connectivity index (χ3n) is 2.71. The van der Waals surface area contributed by atoms with E-state index < -0.39 is 0 Å². The van der Waals surface area contributed by atoms with Crippen molar-refractivity contribution in [2.45, 2.75) is 24.8 Å². The van der Waals surface area contributed by atoms with E-state index in [2.05, 4.69) is 0 Å². The smallest absolute Gasteiger partial charge is 0.0471 e. The molecule has 1 aliphatic carbocycles. The molecule has 0 radical (unpaired) electrons. The largest absolute Gasteiger partial charge is 0.321 e. The molecule has 0 atom stereocenters. The van der Waals surface area contributed by atoms with Gasteiger partial charge in [0.25, 0.3) is 0 Å². The molecule has 0 amide bonds. The van der Waals surface area contributed by atoms with Gasteiger partial charge in [0.2, 0.25) is 0 Å². The van der Waals surface area contributed by atoms with Crippen LogP contribution in [0.3, 0.4) is 0 Å². The zero-order chi connectivity index (χ0) is 9.47. The van der Waals surface area contributed by atoms with Crippen molar-refractivity contribution in [2.24, 2.45) is 5.73 Å². The SMILES string of the molecule is Cl.NC1(c2c(Cl)cccc2Cl)CCC1. The fraction of sp³-hybridized carbons (Fsp3) is 0.400. The zero-order valence-electron chi connectivity index (χ0n) is 7.59. The maximum Gasteiger partial charge on any atom is 0.0471 e. The van der Waals surface area contributed by atoms with Crippen LogP contribution in [-0.2, 0) is 5.54 Å². The summed E-state index contributed by atoms with van der Waals surface area (Å²) in [5.41, 5.74) is 6.81. The Balaban J connectivity index is 0.000000980. The Bertz CT molecular complexity index is 314. The highest BCUT2D eigenvalue weighted by Gasteiger charge is 2.37. The summed E-state index contributed by atoms with van der Waals surface area (Å²) < 4.78 is 0. The molecule has 0 spiro atoms. The van der Waals surface area contributed by atoms with Crippen LogP contribution in [0.4, 0.5) is 0 Å². The van der Waals surface area contributed by atoms with Crippen LogP contribution in [0.25, 0.3) is 0 Å². The number of hydrogen-bond donors (Lipinski definition) is 1. The molecule has 4 heteroatoms. The second-order valence-electron chi connectivity index (χ2n) is 3.61. The first-order valence-corrected chi connectivity index (χ1v) is 5.12. The lowest BCUT2D eigenvalue weighted by Crippen LogP contribution is -2.43. The molecule has 1 saturated carbocycles. The summed E-state index contributed by atoms with van der Waals surface area (Å²) in [5, 5.41) is 1.38. The maximum absolute atomic E-state index is 6.16. The van der Waals surface area contributed by atoms with Gasteiger partial charge in [-0.3, -0.25) is 0 Å². The van der Waals surface area contributed by atoms with E-state index in [1.54, 1.807) is 0 Å². The Morgan fingerprint density at radius 3 is 2.00 bits per heavy atom. The average Bonchev–Trinajstić information content (AvgIpc) is 2.01. The standard InChI is InChI=1S/C10H11Cl2N.ClH/c11-7-3-1-4-8(12)9(7)10(13)5-2-6-10;/h1,3-4H,2,5-6,13H2;1H. The van der Waals surface area contributed by atoms with Crippen LogP contribution in [-0.4, -0.2) is 0 Å². The monoisotopic (exact) mass is 251 g/mol. The number of rotatable bonds is 1. The normalized spacial score (nSPS) is 18.2. The highest BCUT2D eigenvalue weighted by atomic mass is 35.5. The topological polar surface area (TPSA) is 26.0 Å². The fourth-order valence-electron chi connectivity index (χ4n) is 1.78. The van der Waals surface area contributed by atoms with Gasteiger partial charge >= 0.3 is 0 Å². The lowest BCUT2D eigenvalue weighted by Gasteiger charge is -2.39. The van der Waals surface area contributed by atoms with Gasteiger partial charge in [-0.1, -0.05) is 29.3 Å². The van der Waals surface area contributed by atoms with E-state index in [4.69, 9.17) is 28.9 Å². The van der Waals surface area contributed by atoms with Crippen molar-refractivity contribution < 1.29 is 0 Å². The summed E-state index contributed by atoms with van der Waals surface area (Å²) in [4.78, 5) is 0. The van der Waals surface area contributed by atoms with Gasteiger partial charge in [-0.05, 0) is 31.4 Å². The van der Waals surface area contributed by atoms with E-state index in [0.717, 1.165) is 24.8 Å². The lowest BCUT2D eigenvalue weighted by molar-refractivity contribution is 0.254. The molecular weight excluding hydrogens is 240 g/mol. The van der Waals surface area contributed by atoms with Crippen molar-refractivity contribution in [3.8, 4) is 0 Å². The Morgan fingerprint density at radius 1 is 1.14 bits per heavy atom. The molecule has 14 heavy (non-hydrogen) atoms. The molecule has 1 fully saturated rings. The van der Waals surface area contributed by atoms with E-state index in [-0.39, 0.29) is 17.9 Å². The molecule has 0 unspecified atom stereocenters. The van der Waals surface area contributed by atoms with Crippen molar-refractivity contribution in [2.75, 3.05) is 0 Å². The average molecular weight is 253 g/mol. The summed E-state index contributed by atoms with van der Waals surface area (Å²) in [7, 11) is 0. The van der Waals surface area contributed by atoms with Gasteiger partial charge in [0.1, 0.15) is 0 Å². The van der Waals surface area contributed by atoms with Gasteiger partial charge in [0.05, 0.1) is 0 Å². The Morgan fingerprint density at radius 2 is 1.64 bits per heavy atom. The minimum atomic E-state index is -0.268. The van der Waals surface area contributed by atoms with Crippen molar-refractivity contribution in [3.05, 3.63) is 33.8 Å². The molecule has 1 aromatic rings. The van der Waals surface area contributed by atoms with E-state index in [1.165, 1.54) is 0 Å². The summed E-state index contributed by atoms with van der Waals surface area (Å²) >= 11 is 12.1. The Kier molecular flexibility index (Phi) is 3.70. The van der Waals surface area contributed by atoms with Crippen LogP contribution in [0, 0.1) is 0 Å². The van der Waals surface area contributed by atoms with Crippen LogP contribution in [0.1, 0.15) is 24.8 Å². The lowest BCUT2D eigenvalue weighted by atomic mass is 9.73. The summed E-state index contributed by atoms with van der Waals surface area (Å²) in [5.74, 6) is 0. The first-order valence-electron chi connectivity index (χ1n) is 4.37. The van der Waals surface area contributed by atoms with Crippen molar-refractivity contribution >= 4 is 35.6 Å². The van der Waals surface area contributed by atoms with E-state index >= 15 is 0 Å². The van der Waals surface area contributed by atoms with E-state index in [9.17, 15) is 0 Å². The van der Waals surface area contributed by atoms with Crippen molar-refractivity contribution in [1.82, 2.24) is 0 Å². The molecule has 78 valence electrons. The Hall–Kier alpha value is 0.0500. The van der Waals surface area contributed by atoms with Gasteiger partial charge in [-0.25, -0.2) is 0 Å². The van der Waals surface area contributed by atoms with Crippen LogP contribution >= 0.6 is 35.6 Å². The quantitative estimate of drug-likeness (QED) is 0.809. The molecule has 1 nitrogen and oxygen atoms in total. The number of hydrogen-bond acceptors (Lipinski definition) is 1. The third-order valence-corrected chi connectivity index (χ3v) is 3.34. The second-order valence-corrected chi connectivity index (χ2v) is 4.42. The van der Waals surface area contributed by atoms with Crippen molar-refractivity contribution in [3.63, 3.8) is 0 Å². The summed E-state index contributed by atoms with van der Waals surface area (Å²) in [6, 6.07) is 5.53. The first-order chi connectivity index (χ1) is 6.13. The predicted octanol–water partition coefficient (Wildman–Crippen LogP) is 3.75. The number of benzene rings is 1. The van der Waals surface area contributed by atoms with E-state index in [1.807, 2.05) is 18.2 Å². The molecule has 0 heterocycles. The number of halogens is 3. The minimum Gasteiger partial charge on any atom is -0.321 e. The fourth-order valence-corrected chi connectivity index (χ4v) is 2.55. The number of nitrogens with two attached hydrogens (primary N) is 1. The van der Waals surface area contributed by atoms with Crippen LogP contribution in [0.2, 0.25) is 10.0 Å². The van der Waals surface area contributed by atoms with E-state index in [0.29, 0.717) is 10.0 Å². The summed E-state index contributed by atoms with van der Waals surface area (Å²) in [6.07, 6.45) is 3.13. The maximum atomic E-state index is 6.16. The highest BCUT2D eigenvalue weighted by Crippen LogP contribution is 2.44. The van der Waals surface area contributed by atoms with Gasteiger partial charge in [0, 0.05) is 21.1 Å². The summed E-state index contributed by atoms with van der Waals surface area (Å²) in [6.45, 7) is 0. The highest BCUT2D eigenvalue weighted by molar-refractivity contribution is 6.36. The molecule has 0 aliphatic heterocycles. The molecule has 0 saturated heterocycles. The second kappa shape index (κ2) is 4.28. The van der Waals surface area contributed by atoms with Crippen molar-refractivity contribution in [1.29, 1.82) is 0 Å². The van der Waals surface area contributed by atoms with Gasteiger partial charge in [-0.2, -0.15) is 0 Å². The molecule has 2 N–H and O–H groups in total. The van der Waals surface area contributed by atoms with Gasteiger partial charge < -0.3 is 5.73 Å². The van der Waals surface area contributed by atoms with Crippen LogP contribution in [0.5, 0.6) is 0 Å². The predicted molar refractivity (Wildman–Crippen MR) is 63.4 cm³/mol. The molecular formula is C10H12Cl3N. The Labute approximate surface area is 100.0 Å². The minimum absolute atomic E-state index is 0. The molecule has 2 rings (SSSR count). The third kappa shape index (κ3) is 1.87. The zero-order valence-corrected chi connectivity index (χ0v) is 9.92.